The fourth-order valence-corrected chi connectivity index (χ4v) is 3.77. The summed E-state index contributed by atoms with van der Waals surface area (Å²) in [6, 6.07) is 6.77. The first kappa shape index (κ1) is 21.1. The van der Waals surface area contributed by atoms with Crippen molar-refractivity contribution < 1.29 is 26.7 Å². The van der Waals surface area contributed by atoms with Gasteiger partial charge in [0.05, 0.1) is 12.8 Å². The first-order chi connectivity index (χ1) is 14.2. The zero-order chi connectivity index (χ0) is 21.9. The van der Waals surface area contributed by atoms with E-state index < -0.39 is 27.3 Å². The molecule has 11 heteroatoms. The lowest BCUT2D eigenvalue weighted by atomic mass is 10.1. The summed E-state index contributed by atoms with van der Waals surface area (Å²) in [4.78, 5) is 18.8. The Labute approximate surface area is 171 Å². The summed E-state index contributed by atoms with van der Waals surface area (Å²) < 4.78 is 60.0. The van der Waals surface area contributed by atoms with Crippen molar-refractivity contribution in [3.63, 3.8) is 0 Å². The molecule has 0 aliphatic heterocycles. The third-order valence-corrected chi connectivity index (χ3v) is 5.23. The van der Waals surface area contributed by atoms with Crippen LogP contribution in [0.15, 0.2) is 53.7 Å². The van der Waals surface area contributed by atoms with Crippen LogP contribution >= 0.6 is 0 Å². The molecule has 1 amide bonds. The molecule has 3 rings (SSSR count). The maximum Gasteiger partial charge on any atom is 0.267 e. The predicted molar refractivity (Wildman–Crippen MR) is 105 cm³/mol. The van der Waals surface area contributed by atoms with Gasteiger partial charge in [-0.1, -0.05) is 0 Å². The molecule has 0 saturated carbocycles. The quantitative estimate of drug-likeness (QED) is 0.617. The number of carbonyl (C=O) groups excluding carboxylic acids is 1. The Bertz CT molecular complexity index is 1220. The minimum atomic E-state index is -4.38. The number of anilines is 2. The van der Waals surface area contributed by atoms with E-state index >= 15 is 0 Å². The van der Waals surface area contributed by atoms with Gasteiger partial charge in [0.15, 0.2) is 0 Å². The lowest BCUT2D eigenvalue weighted by Crippen LogP contribution is -2.16. The van der Waals surface area contributed by atoms with Crippen LogP contribution in [0.5, 0.6) is 5.88 Å². The van der Waals surface area contributed by atoms with Crippen molar-refractivity contribution in [2.75, 3.05) is 17.1 Å². The zero-order valence-corrected chi connectivity index (χ0v) is 16.6. The summed E-state index contributed by atoms with van der Waals surface area (Å²) in [6.45, 7) is 1.32. The Morgan fingerprint density at radius 2 is 1.83 bits per heavy atom. The van der Waals surface area contributed by atoms with Crippen molar-refractivity contribution in [2.45, 2.75) is 11.8 Å². The Hall–Kier alpha value is -3.60. The van der Waals surface area contributed by atoms with Crippen molar-refractivity contribution in [3.05, 3.63) is 60.4 Å². The largest absolute Gasteiger partial charge is 0.480 e. The molecular formula is C19H16F2N4O4S. The van der Waals surface area contributed by atoms with E-state index in [0.29, 0.717) is 11.1 Å². The number of halogens is 2. The molecule has 2 heterocycles. The molecule has 2 N–H and O–H groups in total. The molecule has 30 heavy (non-hydrogen) atoms. The fraction of sp³-hybridized carbons (Fsp3) is 0.105. The van der Waals surface area contributed by atoms with Crippen LogP contribution in [0, 0.1) is 11.6 Å². The number of aromatic nitrogens is 2. The monoisotopic (exact) mass is 434 g/mol. The van der Waals surface area contributed by atoms with Gasteiger partial charge in [-0.3, -0.25) is 9.52 Å². The van der Waals surface area contributed by atoms with Gasteiger partial charge >= 0.3 is 0 Å². The van der Waals surface area contributed by atoms with Crippen LogP contribution in [0.3, 0.4) is 0 Å². The number of nitrogens with zero attached hydrogens (tertiary/aromatic N) is 2. The highest BCUT2D eigenvalue weighted by molar-refractivity contribution is 7.92. The standard InChI is InChI=1S/C19H16F2N4O4S/c1-11(26)24-18-8-12(5-6-22-18)13-7-17(19(29-2)23-10-13)30(27,28)25-16-9-14(20)3-4-15(16)21/h3-10,25H,1-2H3,(H,22,24,26). The molecule has 0 fully saturated rings. The molecule has 0 saturated heterocycles. The molecule has 0 unspecified atom stereocenters. The highest BCUT2D eigenvalue weighted by atomic mass is 32.2. The lowest BCUT2D eigenvalue weighted by molar-refractivity contribution is -0.114. The molecule has 0 bridgehead atoms. The number of ether oxygens (including phenoxy) is 1. The second-order valence-corrected chi connectivity index (χ2v) is 7.72. The van der Waals surface area contributed by atoms with Gasteiger partial charge in [0, 0.05) is 30.9 Å². The van der Waals surface area contributed by atoms with Crippen molar-refractivity contribution in [1.29, 1.82) is 0 Å². The van der Waals surface area contributed by atoms with E-state index in [1.165, 1.54) is 38.6 Å². The van der Waals surface area contributed by atoms with E-state index in [-0.39, 0.29) is 22.5 Å². The van der Waals surface area contributed by atoms with Crippen LogP contribution in [0.4, 0.5) is 20.3 Å². The number of methoxy groups -OCH3 is 1. The summed E-state index contributed by atoms with van der Waals surface area (Å²) in [7, 11) is -3.16. The van der Waals surface area contributed by atoms with Gasteiger partial charge in [0.1, 0.15) is 22.3 Å². The minimum Gasteiger partial charge on any atom is -0.480 e. The van der Waals surface area contributed by atoms with Crippen LogP contribution in [-0.2, 0) is 14.8 Å². The van der Waals surface area contributed by atoms with Gasteiger partial charge in [-0.05, 0) is 35.9 Å². The van der Waals surface area contributed by atoms with Crippen molar-refractivity contribution in [3.8, 4) is 17.0 Å². The summed E-state index contributed by atoms with van der Waals surface area (Å²) in [5.41, 5.74) is 0.321. The van der Waals surface area contributed by atoms with E-state index in [2.05, 4.69) is 15.3 Å². The van der Waals surface area contributed by atoms with Gasteiger partial charge in [0.2, 0.25) is 11.8 Å². The van der Waals surface area contributed by atoms with Crippen molar-refractivity contribution in [2.24, 2.45) is 0 Å². The van der Waals surface area contributed by atoms with Crippen LogP contribution < -0.4 is 14.8 Å². The molecule has 3 aromatic rings. The SMILES string of the molecule is COc1ncc(-c2ccnc(NC(C)=O)c2)cc1S(=O)(=O)Nc1cc(F)ccc1F. The first-order valence-corrected chi connectivity index (χ1v) is 9.94. The van der Waals surface area contributed by atoms with E-state index in [1.807, 2.05) is 4.72 Å². The average molecular weight is 434 g/mol. The molecule has 0 atom stereocenters. The number of nitrogens with one attached hydrogen (secondary N) is 2. The van der Waals surface area contributed by atoms with Crippen molar-refractivity contribution >= 4 is 27.4 Å². The summed E-state index contributed by atoms with van der Waals surface area (Å²) in [5.74, 6) is -2.05. The normalized spacial score (nSPS) is 11.1. The molecule has 1 aromatic carbocycles. The zero-order valence-electron chi connectivity index (χ0n) is 15.8. The van der Waals surface area contributed by atoms with E-state index in [0.717, 1.165) is 18.2 Å². The average Bonchev–Trinajstić information content (AvgIpc) is 2.70. The Kier molecular flexibility index (Phi) is 5.92. The third kappa shape index (κ3) is 4.69. The summed E-state index contributed by atoms with van der Waals surface area (Å²) >= 11 is 0. The van der Waals surface area contributed by atoms with Gasteiger partial charge in [0.25, 0.3) is 10.0 Å². The molecule has 0 aliphatic carbocycles. The number of pyridine rings is 2. The van der Waals surface area contributed by atoms with E-state index in [9.17, 15) is 22.0 Å². The second kappa shape index (κ2) is 8.41. The summed E-state index contributed by atoms with van der Waals surface area (Å²) in [5, 5.41) is 2.52. The van der Waals surface area contributed by atoms with Gasteiger partial charge in [-0.15, -0.1) is 0 Å². The van der Waals surface area contributed by atoms with E-state index in [4.69, 9.17) is 4.74 Å². The molecule has 0 aliphatic rings. The smallest absolute Gasteiger partial charge is 0.267 e. The number of amides is 1. The van der Waals surface area contributed by atoms with Crippen LogP contribution in [0.25, 0.3) is 11.1 Å². The molecule has 0 radical (unpaired) electrons. The third-order valence-electron chi connectivity index (χ3n) is 3.87. The first-order valence-electron chi connectivity index (χ1n) is 8.45. The number of hydrogen-bond acceptors (Lipinski definition) is 6. The Balaban J connectivity index is 2.04. The molecule has 156 valence electrons. The molecule has 0 spiro atoms. The van der Waals surface area contributed by atoms with E-state index in [1.54, 1.807) is 6.07 Å². The van der Waals surface area contributed by atoms with Crippen LogP contribution in [0.2, 0.25) is 0 Å². The lowest BCUT2D eigenvalue weighted by Gasteiger charge is -2.13. The van der Waals surface area contributed by atoms with Crippen LogP contribution in [-0.4, -0.2) is 31.4 Å². The highest BCUT2D eigenvalue weighted by Gasteiger charge is 2.23. The molecular weight excluding hydrogens is 418 g/mol. The maximum atomic E-state index is 13.9. The topological polar surface area (TPSA) is 110 Å². The maximum absolute atomic E-state index is 13.9. The number of benzene rings is 1. The summed E-state index contributed by atoms with van der Waals surface area (Å²) in [6.07, 6.45) is 2.80. The number of hydrogen-bond donors (Lipinski definition) is 2. The van der Waals surface area contributed by atoms with Gasteiger partial charge in [-0.25, -0.2) is 27.2 Å². The van der Waals surface area contributed by atoms with Gasteiger partial charge in [-0.2, -0.15) is 0 Å². The number of rotatable bonds is 6. The Morgan fingerprint density at radius 3 is 2.53 bits per heavy atom. The number of carbonyl (C=O) groups is 1. The van der Waals surface area contributed by atoms with Gasteiger partial charge < -0.3 is 10.1 Å². The fourth-order valence-electron chi connectivity index (χ4n) is 2.57. The Morgan fingerprint density at radius 1 is 1.07 bits per heavy atom. The highest BCUT2D eigenvalue weighted by Crippen LogP contribution is 2.30. The minimum absolute atomic E-state index is 0.237. The predicted octanol–water partition coefficient (Wildman–Crippen LogP) is 3.19. The van der Waals surface area contributed by atoms with Crippen LogP contribution in [0.1, 0.15) is 6.92 Å². The molecule has 2 aromatic heterocycles. The second-order valence-electron chi connectivity index (χ2n) is 6.07. The number of sulfonamides is 1. The van der Waals surface area contributed by atoms with Crippen molar-refractivity contribution in [1.82, 2.24) is 9.97 Å². The molecule has 8 nitrogen and oxygen atoms in total.